The van der Waals surface area contributed by atoms with Gasteiger partial charge in [-0.25, -0.2) is 15.0 Å². The van der Waals surface area contributed by atoms with E-state index in [1.54, 1.807) is 6.33 Å². The number of nitrogens with zero attached hydrogens (tertiary/aromatic N) is 4. The summed E-state index contributed by atoms with van der Waals surface area (Å²) in [6.07, 6.45) is 2.88. The summed E-state index contributed by atoms with van der Waals surface area (Å²) < 4.78 is 14.4. The summed E-state index contributed by atoms with van der Waals surface area (Å²) in [5, 5.41) is 9.84. The van der Waals surface area contributed by atoms with Gasteiger partial charge >= 0.3 is 0 Å². The first-order chi connectivity index (χ1) is 11.6. The number of nitrogens with two attached hydrogens (primary N) is 1. The van der Waals surface area contributed by atoms with Crippen LogP contribution in [0.25, 0.3) is 11.2 Å². The fourth-order valence-electron chi connectivity index (χ4n) is 2.80. The molecule has 1 aliphatic heterocycles. The Bertz CT molecular complexity index is 758. The van der Waals surface area contributed by atoms with Gasteiger partial charge in [-0.3, -0.25) is 4.57 Å². The van der Waals surface area contributed by atoms with Crippen molar-refractivity contribution in [2.45, 2.75) is 63.8 Å². The summed E-state index contributed by atoms with van der Waals surface area (Å²) in [7, 11) is -1.97. The normalized spacial score (nSPS) is 25.0. The third-order valence-corrected chi connectivity index (χ3v) is 9.81. The van der Waals surface area contributed by atoms with Gasteiger partial charge in [0, 0.05) is 6.42 Å². The van der Waals surface area contributed by atoms with Crippen LogP contribution in [0.1, 0.15) is 33.4 Å². The number of aliphatic hydroxyl groups excluding tert-OH is 1. The molecule has 3 N–H and O–H groups in total. The summed E-state index contributed by atoms with van der Waals surface area (Å²) in [6, 6.07) is 0. The maximum atomic E-state index is 9.75. The Kier molecular flexibility index (Phi) is 4.61. The molecule has 0 radical (unpaired) electrons. The van der Waals surface area contributed by atoms with E-state index >= 15 is 0 Å². The van der Waals surface area contributed by atoms with Crippen LogP contribution < -0.4 is 5.73 Å². The lowest BCUT2D eigenvalue weighted by Gasteiger charge is -2.39. The molecule has 2 aromatic heterocycles. The second-order valence-corrected chi connectivity index (χ2v) is 12.8. The predicted octanol–water partition coefficient (Wildman–Crippen LogP) is 2.08. The number of fused-ring (bicyclic) bond motifs is 1. The quantitative estimate of drug-likeness (QED) is 0.798. The molecule has 3 heterocycles. The zero-order valence-corrected chi connectivity index (χ0v) is 16.4. The number of nitrogen functional groups attached to an aromatic ring is 1. The molecule has 0 bridgehead atoms. The van der Waals surface area contributed by atoms with E-state index in [9.17, 15) is 5.11 Å². The first-order valence-corrected chi connectivity index (χ1v) is 11.4. The summed E-state index contributed by atoms with van der Waals surface area (Å²) in [5.74, 6) is 0.342. The van der Waals surface area contributed by atoms with E-state index in [2.05, 4.69) is 48.8 Å². The first-order valence-electron chi connectivity index (χ1n) is 8.51. The lowest BCUT2D eigenvalue weighted by molar-refractivity contribution is -0.0410. The third kappa shape index (κ3) is 3.29. The Balaban J connectivity index is 1.85. The van der Waals surface area contributed by atoms with E-state index in [4.69, 9.17) is 14.9 Å². The molecule has 1 aliphatic rings. The molecule has 1 fully saturated rings. The molecule has 3 atom stereocenters. The van der Waals surface area contributed by atoms with Crippen molar-refractivity contribution < 1.29 is 14.3 Å². The van der Waals surface area contributed by atoms with Gasteiger partial charge in [0.15, 0.2) is 19.8 Å². The van der Waals surface area contributed by atoms with Crippen molar-refractivity contribution in [1.29, 1.82) is 0 Å². The Hall–Kier alpha value is -1.55. The lowest BCUT2D eigenvalue weighted by atomic mass is 10.2. The number of anilines is 1. The highest BCUT2D eigenvalue weighted by atomic mass is 28.4. The number of rotatable bonds is 4. The highest BCUT2D eigenvalue weighted by Gasteiger charge is 2.45. The van der Waals surface area contributed by atoms with Crippen LogP contribution in [0.5, 0.6) is 0 Å². The fraction of sp³-hybridized carbons (Fsp3) is 0.688. The van der Waals surface area contributed by atoms with Crippen molar-refractivity contribution >= 4 is 25.3 Å². The molecule has 2 aromatic rings. The number of imidazole rings is 1. The van der Waals surface area contributed by atoms with Crippen molar-refractivity contribution in [3.8, 4) is 0 Å². The molecular weight excluding hydrogens is 338 g/mol. The van der Waals surface area contributed by atoms with E-state index in [0.717, 1.165) is 0 Å². The highest BCUT2D eigenvalue weighted by Crippen LogP contribution is 2.41. The van der Waals surface area contributed by atoms with Gasteiger partial charge in [0.2, 0.25) is 0 Å². The number of ether oxygens (including phenoxy) is 1. The molecule has 0 aliphatic carbocycles. The van der Waals surface area contributed by atoms with Crippen LogP contribution in [-0.4, -0.2) is 51.8 Å². The monoisotopic (exact) mass is 365 g/mol. The van der Waals surface area contributed by atoms with Gasteiger partial charge < -0.3 is 20.0 Å². The maximum absolute atomic E-state index is 9.75. The van der Waals surface area contributed by atoms with Crippen LogP contribution in [-0.2, 0) is 9.16 Å². The van der Waals surface area contributed by atoms with Crippen molar-refractivity contribution in [3.63, 3.8) is 0 Å². The van der Waals surface area contributed by atoms with E-state index < -0.39 is 8.32 Å². The van der Waals surface area contributed by atoms with Crippen LogP contribution in [0.4, 0.5) is 5.82 Å². The maximum Gasteiger partial charge on any atom is 0.192 e. The molecule has 1 unspecified atom stereocenters. The first kappa shape index (κ1) is 18.2. The minimum atomic E-state index is -1.97. The predicted molar refractivity (Wildman–Crippen MR) is 97.4 cm³/mol. The van der Waals surface area contributed by atoms with Gasteiger partial charge in [-0.15, -0.1) is 0 Å². The topological polar surface area (TPSA) is 108 Å². The molecule has 0 saturated carbocycles. The molecule has 8 nitrogen and oxygen atoms in total. The summed E-state index contributed by atoms with van der Waals surface area (Å²) in [5.41, 5.74) is 7.04. The second kappa shape index (κ2) is 6.31. The van der Waals surface area contributed by atoms with E-state index in [1.807, 2.05) is 4.57 Å². The average molecular weight is 366 g/mol. The van der Waals surface area contributed by atoms with Crippen LogP contribution in [0.2, 0.25) is 18.1 Å². The summed E-state index contributed by atoms with van der Waals surface area (Å²) in [6.45, 7) is 10.9. The van der Waals surface area contributed by atoms with Gasteiger partial charge in [0.05, 0.1) is 19.0 Å². The third-order valence-electron chi connectivity index (χ3n) is 5.31. The van der Waals surface area contributed by atoms with Crippen LogP contribution in [0, 0.1) is 0 Å². The lowest BCUT2D eigenvalue weighted by Crippen LogP contribution is -2.46. The molecule has 0 aromatic carbocycles. The molecule has 3 rings (SSSR count). The zero-order valence-electron chi connectivity index (χ0n) is 15.4. The van der Waals surface area contributed by atoms with E-state index in [-0.39, 0.29) is 30.1 Å². The smallest absolute Gasteiger partial charge is 0.192 e. The van der Waals surface area contributed by atoms with E-state index in [1.165, 1.54) is 6.33 Å². The number of hydrogen-bond donors (Lipinski definition) is 2. The summed E-state index contributed by atoms with van der Waals surface area (Å²) >= 11 is 0. The average Bonchev–Trinajstić information content (AvgIpc) is 3.10. The molecule has 0 spiro atoms. The molecule has 0 amide bonds. The largest absolute Gasteiger partial charge is 0.411 e. The Morgan fingerprint density at radius 1 is 1.36 bits per heavy atom. The Morgan fingerprint density at radius 2 is 2.08 bits per heavy atom. The molecule has 9 heteroatoms. The van der Waals surface area contributed by atoms with Crippen molar-refractivity contribution in [2.75, 3.05) is 12.3 Å². The van der Waals surface area contributed by atoms with Gasteiger partial charge in [-0.05, 0) is 18.1 Å². The highest BCUT2D eigenvalue weighted by molar-refractivity contribution is 6.74. The second-order valence-electron chi connectivity index (χ2n) is 8.05. The number of aromatic nitrogens is 4. The van der Waals surface area contributed by atoms with Crippen molar-refractivity contribution in [1.82, 2.24) is 19.5 Å². The number of aliphatic hydroxyl groups is 1. The minimum Gasteiger partial charge on any atom is -0.411 e. The van der Waals surface area contributed by atoms with Crippen molar-refractivity contribution in [3.05, 3.63) is 12.7 Å². The standard InChI is InChI=1S/C16H27N5O3Si/c1-16(2,3)25(4,5)24-10-6-12(23-11(10)7-22)21-9-20-13-14(17)18-8-19-15(13)21/h8-12,22H,6-7H2,1-5H3,(H2,17,18,19)/t10?,11-,12-/m0/s1. The van der Waals surface area contributed by atoms with Gasteiger partial charge in [-0.2, -0.15) is 0 Å². The Morgan fingerprint density at radius 3 is 2.72 bits per heavy atom. The van der Waals surface area contributed by atoms with Gasteiger partial charge in [-0.1, -0.05) is 20.8 Å². The van der Waals surface area contributed by atoms with Crippen LogP contribution >= 0.6 is 0 Å². The van der Waals surface area contributed by atoms with Crippen LogP contribution in [0.15, 0.2) is 12.7 Å². The molecule has 25 heavy (non-hydrogen) atoms. The SMILES string of the molecule is CC(C)(C)[Si](C)(C)OC1C[C@@H](n2cnc3c(N)ncnc32)O[C@H]1CO. The minimum absolute atomic E-state index is 0.0838. The molecule has 138 valence electrons. The van der Waals surface area contributed by atoms with Crippen LogP contribution in [0.3, 0.4) is 0 Å². The number of hydrogen-bond acceptors (Lipinski definition) is 7. The fourth-order valence-corrected chi connectivity index (χ4v) is 4.15. The van der Waals surface area contributed by atoms with Gasteiger partial charge in [0.25, 0.3) is 0 Å². The zero-order chi connectivity index (χ0) is 18.4. The van der Waals surface area contributed by atoms with Crippen molar-refractivity contribution in [2.24, 2.45) is 0 Å². The molecular formula is C16H27N5O3Si. The Labute approximate surface area is 148 Å². The van der Waals surface area contributed by atoms with E-state index in [0.29, 0.717) is 23.4 Å². The molecule has 1 saturated heterocycles. The summed E-state index contributed by atoms with van der Waals surface area (Å²) in [4.78, 5) is 12.5. The van der Waals surface area contributed by atoms with Gasteiger partial charge in [0.1, 0.15) is 24.2 Å².